The summed E-state index contributed by atoms with van der Waals surface area (Å²) >= 11 is 10.5. The molecule has 1 N–H and O–H groups in total. The zero-order chi connectivity index (χ0) is 11.8. The Labute approximate surface area is 91.3 Å². The van der Waals surface area contributed by atoms with Crippen LogP contribution >= 0.6 is 23.4 Å². The Morgan fingerprint density at radius 2 is 2.07 bits per heavy atom. The van der Waals surface area contributed by atoms with Gasteiger partial charge in [-0.25, -0.2) is 4.79 Å². The zero-order valence-corrected chi connectivity index (χ0v) is 8.36. The number of carboxylic acid groups (broad SMARTS) is 1. The van der Waals surface area contributed by atoms with Crippen LogP contribution in [0.1, 0.15) is 21.7 Å². The Balaban J connectivity index is 3.47. The van der Waals surface area contributed by atoms with Gasteiger partial charge in [0.25, 0.3) is 0 Å². The topological polar surface area (TPSA) is 55.1 Å². The van der Waals surface area contributed by atoms with Gasteiger partial charge in [0.2, 0.25) is 0 Å². The Bertz CT molecular complexity index is 402. The van der Waals surface area contributed by atoms with Crippen molar-refractivity contribution < 1.29 is 23.1 Å². The molecule has 1 rings (SSSR count). The number of halogens is 5. The van der Waals surface area contributed by atoms with Gasteiger partial charge in [-0.3, -0.25) is 0 Å². The minimum Gasteiger partial charge on any atom is -0.478 e. The van der Waals surface area contributed by atoms with Crippen LogP contribution in [0, 0.1) is 0 Å². The van der Waals surface area contributed by atoms with E-state index in [1.54, 1.807) is 0 Å². The Hall–Kier alpha value is -0.950. The van der Waals surface area contributed by atoms with Crippen molar-refractivity contribution in [3.63, 3.8) is 0 Å². The zero-order valence-electron chi connectivity index (χ0n) is 6.85. The lowest BCUT2D eigenvalue weighted by Gasteiger charge is -2.02. The molecule has 0 fully saturated rings. The molecule has 0 spiro atoms. The summed E-state index contributed by atoms with van der Waals surface area (Å²) < 4.78 is 37.2. The molecule has 1 aromatic rings. The SMILES string of the molecule is O=C(O)c1c(C(F)(F)F)nn(Cl)c1CCl. The molecule has 4 nitrogen and oxygen atoms in total. The molecule has 0 aliphatic heterocycles. The Morgan fingerprint density at radius 3 is 2.40 bits per heavy atom. The Kier molecular flexibility index (Phi) is 3.15. The first-order chi connectivity index (χ1) is 6.79. The molecule has 0 amide bonds. The summed E-state index contributed by atoms with van der Waals surface area (Å²) in [5.74, 6) is -2.25. The molecular formula is C6H3Cl2F3N2O2. The molecule has 15 heavy (non-hydrogen) atoms. The van der Waals surface area contributed by atoms with E-state index in [2.05, 4.69) is 5.10 Å². The van der Waals surface area contributed by atoms with Crippen molar-refractivity contribution in [1.29, 1.82) is 0 Å². The maximum absolute atomic E-state index is 12.3. The Morgan fingerprint density at radius 1 is 1.53 bits per heavy atom. The van der Waals surface area contributed by atoms with Gasteiger partial charge in [0, 0.05) is 11.8 Å². The van der Waals surface area contributed by atoms with Crippen LogP contribution in [0.5, 0.6) is 0 Å². The molecule has 0 unspecified atom stereocenters. The molecule has 0 radical (unpaired) electrons. The number of nitrogens with zero attached hydrogens (tertiary/aromatic N) is 2. The van der Waals surface area contributed by atoms with E-state index in [1.807, 2.05) is 0 Å². The van der Waals surface area contributed by atoms with Crippen molar-refractivity contribution in [2.45, 2.75) is 12.1 Å². The van der Waals surface area contributed by atoms with Crippen LogP contribution in [0.2, 0.25) is 0 Å². The highest BCUT2D eigenvalue weighted by atomic mass is 35.5. The molecule has 0 atom stereocenters. The number of aromatic nitrogens is 2. The molecule has 1 heterocycles. The first-order valence-corrected chi connectivity index (χ1v) is 4.30. The van der Waals surface area contributed by atoms with Crippen molar-refractivity contribution in [3.05, 3.63) is 17.0 Å². The van der Waals surface area contributed by atoms with Crippen LogP contribution in [0.15, 0.2) is 0 Å². The van der Waals surface area contributed by atoms with E-state index in [0.717, 1.165) is 0 Å². The van der Waals surface area contributed by atoms with E-state index in [9.17, 15) is 18.0 Å². The molecule has 0 saturated heterocycles. The van der Waals surface area contributed by atoms with Crippen molar-refractivity contribution in [3.8, 4) is 0 Å². The molecule has 84 valence electrons. The van der Waals surface area contributed by atoms with Gasteiger partial charge >= 0.3 is 12.1 Å². The van der Waals surface area contributed by atoms with E-state index in [4.69, 9.17) is 28.5 Å². The smallest absolute Gasteiger partial charge is 0.436 e. The molecule has 0 aliphatic carbocycles. The minimum atomic E-state index is -4.88. The fraction of sp³-hybridized carbons (Fsp3) is 0.333. The molecule has 9 heteroatoms. The van der Waals surface area contributed by atoms with Crippen LogP contribution in [-0.4, -0.2) is 20.4 Å². The molecule has 0 bridgehead atoms. The van der Waals surface area contributed by atoms with E-state index in [-0.39, 0.29) is 0 Å². The van der Waals surface area contributed by atoms with Crippen molar-refractivity contribution >= 4 is 29.3 Å². The quantitative estimate of drug-likeness (QED) is 0.833. The van der Waals surface area contributed by atoms with Crippen LogP contribution in [0.3, 0.4) is 0 Å². The first kappa shape index (κ1) is 12.1. The highest BCUT2D eigenvalue weighted by molar-refractivity contribution is 6.20. The second kappa shape index (κ2) is 3.90. The third-order valence-electron chi connectivity index (χ3n) is 1.54. The molecule has 0 aliphatic rings. The van der Waals surface area contributed by atoms with Crippen molar-refractivity contribution in [1.82, 2.24) is 9.30 Å². The van der Waals surface area contributed by atoms with Gasteiger partial charge in [0.1, 0.15) is 5.56 Å². The monoisotopic (exact) mass is 262 g/mol. The van der Waals surface area contributed by atoms with E-state index in [0.29, 0.717) is 4.20 Å². The highest BCUT2D eigenvalue weighted by Crippen LogP contribution is 2.33. The minimum absolute atomic E-state index is 0.291. The van der Waals surface area contributed by atoms with Crippen molar-refractivity contribution in [2.75, 3.05) is 0 Å². The number of aromatic carboxylic acids is 1. The summed E-state index contributed by atoms with van der Waals surface area (Å²) in [6, 6.07) is 0. The number of hydrogen-bond acceptors (Lipinski definition) is 2. The van der Waals surface area contributed by atoms with Crippen LogP contribution in [0.4, 0.5) is 13.2 Å². The molecule has 0 saturated carbocycles. The fourth-order valence-corrected chi connectivity index (χ4v) is 1.49. The van der Waals surface area contributed by atoms with Gasteiger partial charge in [0.15, 0.2) is 5.69 Å². The summed E-state index contributed by atoms with van der Waals surface area (Å²) in [5, 5.41) is 11.4. The van der Waals surface area contributed by atoms with Gasteiger partial charge in [-0.15, -0.1) is 11.6 Å². The number of carbonyl (C=O) groups is 1. The number of hydrogen-bond donors (Lipinski definition) is 1. The normalized spacial score (nSPS) is 11.8. The summed E-state index contributed by atoms with van der Waals surface area (Å²) in [5.41, 5.74) is -2.98. The lowest BCUT2D eigenvalue weighted by Crippen LogP contribution is -2.12. The third kappa shape index (κ3) is 2.18. The highest BCUT2D eigenvalue weighted by Gasteiger charge is 2.41. The van der Waals surface area contributed by atoms with E-state index < -0.39 is 35.0 Å². The standard InChI is InChI=1S/C6H3Cl2F3N2O2/c7-1-2-3(5(14)15)4(6(9,10)11)12-13(2)8/h1H2,(H,14,15). The summed E-state index contributed by atoms with van der Waals surface area (Å²) in [7, 11) is 0. The lowest BCUT2D eigenvalue weighted by atomic mass is 10.2. The molecule has 1 aromatic heterocycles. The van der Waals surface area contributed by atoms with Crippen LogP contribution in [0.25, 0.3) is 0 Å². The largest absolute Gasteiger partial charge is 0.478 e. The number of alkyl halides is 4. The van der Waals surface area contributed by atoms with E-state index in [1.165, 1.54) is 0 Å². The van der Waals surface area contributed by atoms with Gasteiger partial charge in [-0.05, 0) is 0 Å². The van der Waals surface area contributed by atoms with Gasteiger partial charge in [-0.1, -0.05) is 0 Å². The average Bonchev–Trinajstić information content (AvgIpc) is 2.41. The van der Waals surface area contributed by atoms with Crippen LogP contribution in [-0.2, 0) is 12.1 Å². The summed E-state index contributed by atoms with van der Waals surface area (Å²) in [4.78, 5) is 10.6. The van der Waals surface area contributed by atoms with Crippen molar-refractivity contribution in [2.24, 2.45) is 0 Å². The maximum Gasteiger partial charge on any atom is 0.436 e. The van der Waals surface area contributed by atoms with Gasteiger partial charge in [0.05, 0.1) is 11.6 Å². The number of carboxylic acids is 1. The van der Waals surface area contributed by atoms with E-state index >= 15 is 0 Å². The third-order valence-corrected chi connectivity index (χ3v) is 2.08. The second-order valence-corrected chi connectivity index (χ2v) is 3.05. The van der Waals surface area contributed by atoms with Crippen LogP contribution < -0.4 is 0 Å². The summed E-state index contributed by atoms with van der Waals surface area (Å²) in [6.45, 7) is 0. The molecule has 0 aromatic carbocycles. The predicted octanol–water partition coefficient (Wildman–Crippen LogP) is 2.34. The number of rotatable bonds is 2. The molecular weight excluding hydrogens is 260 g/mol. The first-order valence-electron chi connectivity index (χ1n) is 3.43. The van der Waals surface area contributed by atoms with Gasteiger partial charge < -0.3 is 5.11 Å². The average molecular weight is 263 g/mol. The predicted molar refractivity (Wildman–Crippen MR) is 45.0 cm³/mol. The maximum atomic E-state index is 12.3. The van der Waals surface area contributed by atoms with Gasteiger partial charge in [-0.2, -0.15) is 22.5 Å². The summed E-state index contributed by atoms with van der Waals surface area (Å²) in [6.07, 6.45) is -4.88. The second-order valence-electron chi connectivity index (χ2n) is 2.47. The fourth-order valence-electron chi connectivity index (χ4n) is 0.966. The lowest BCUT2D eigenvalue weighted by molar-refractivity contribution is -0.141.